The van der Waals surface area contributed by atoms with Crippen LogP contribution in [0.2, 0.25) is 0 Å². The first kappa shape index (κ1) is 18.2. The zero-order valence-corrected chi connectivity index (χ0v) is 13.3. The van der Waals surface area contributed by atoms with Gasteiger partial charge in [-0.05, 0) is 18.2 Å². The molecule has 1 aliphatic heterocycles. The third kappa shape index (κ3) is 4.87. The van der Waals surface area contributed by atoms with Gasteiger partial charge in [-0.15, -0.1) is 12.4 Å². The fraction of sp³-hybridized carbons (Fsp3) is 0.429. The Kier molecular flexibility index (Phi) is 7.10. The van der Waals surface area contributed by atoms with E-state index in [0.717, 1.165) is 6.54 Å². The molecule has 1 unspecified atom stereocenters. The molecule has 0 spiro atoms. The second-order valence-electron chi connectivity index (χ2n) is 4.65. The number of carbonyl (C=O) groups excluding carboxylic acids is 2. The number of benzene rings is 1. The normalized spacial score (nSPS) is 17.1. The van der Waals surface area contributed by atoms with Gasteiger partial charge in [-0.3, -0.25) is 9.59 Å². The molecule has 1 heterocycles. The number of hydrogen-bond acceptors (Lipinski definition) is 5. The standard InChI is InChI=1S/C14H19N3O4.ClH/c1-9(18)16-10-3-4-12(20-2)11(7-10)17-14(19)13-8-15-5-6-21-13;/h3-4,7,13,15H,5-6,8H2,1-2H3,(H,16,18)(H,17,19);1H. The molecular formula is C14H20ClN3O4. The summed E-state index contributed by atoms with van der Waals surface area (Å²) in [5.41, 5.74) is 1.07. The number of rotatable bonds is 4. The molecule has 122 valence electrons. The molecule has 3 N–H and O–H groups in total. The number of nitrogens with one attached hydrogen (secondary N) is 3. The first-order valence-electron chi connectivity index (χ1n) is 6.69. The molecule has 0 aromatic heterocycles. The van der Waals surface area contributed by atoms with E-state index >= 15 is 0 Å². The topological polar surface area (TPSA) is 88.7 Å². The van der Waals surface area contributed by atoms with Crippen LogP contribution in [-0.4, -0.2) is 44.7 Å². The van der Waals surface area contributed by atoms with Crippen molar-refractivity contribution in [3.05, 3.63) is 18.2 Å². The SMILES string of the molecule is COc1ccc(NC(C)=O)cc1NC(=O)C1CNCCO1.Cl. The Morgan fingerprint density at radius 2 is 2.14 bits per heavy atom. The molecule has 2 amide bonds. The number of methoxy groups -OCH3 is 1. The largest absolute Gasteiger partial charge is 0.495 e. The number of amides is 2. The van der Waals surface area contributed by atoms with Crippen LogP contribution >= 0.6 is 12.4 Å². The fourth-order valence-corrected chi connectivity index (χ4v) is 2.03. The summed E-state index contributed by atoms with van der Waals surface area (Å²) in [6, 6.07) is 5.03. The van der Waals surface area contributed by atoms with Gasteiger partial charge in [0.05, 0.1) is 19.4 Å². The Hall–Kier alpha value is -1.83. The minimum Gasteiger partial charge on any atom is -0.495 e. The lowest BCUT2D eigenvalue weighted by Crippen LogP contribution is -2.45. The van der Waals surface area contributed by atoms with Crippen molar-refractivity contribution in [1.29, 1.82) is 0 Å². The van der Waals surface area contributed by atoms with Gasteiger partial charge >= 0.3 is 0 Å². The fourth-order valence-electron chi connectivity index (χ4n) is 2.03. The van der Waals surface area contributed by atoms with E-state index in [2.05, 4.69) is 16.0 Å². The third-order valence-corrected chi connectivity index (χ3v) is 3.00. The quantitative estimate of drug-likeness (QED) is 0.767. The van der Waals surface area contributed by atoms with Gasteiger partial charge in [0.15, 0.2) is 0 Å². The molecule has 1 saturated heterocycles. The first-order valence-corrected chi connectivity index (χ1v) is 6.69. The lowest BCUT2D eigenvalue weighted by atomic mass is 10.2. The van der Waals surface area contributed by atoms with Gasteiger partial charge in [0.1, 0.15) is 11.9 Å². The molecule has 1 aromatic rings. The average Bonchev–Trinajstić information content (AvgIpc) is 2.48. The Morgan fingerprint density at radius 3 is 2.73 bits per heavy atom. The predicted octanol–water partition coefficient (Wildman–Crippen LogP) is 1.00. The zero-order chi connectivity index (χ0) is 15.2. The van der Waals surface area contributed by atoms with Gasteiger partial charge in [-0.1, -0.05) is 0 Å². The van der Waals surface area contributed by atoms with Crippen molar-refractivity contribution in [3.63, 3.8) is 0 Å². The van der Waals surface area contributed by atoms with E-state index in [4.69, 9.17) is 9.47 Å². The molecule has 8 heteroatoms. The minimum atomic E-state index is -0.534. The highest BCUT2D eigenvalue weighted by molar-refractivity contribution is 5.97. The number of carbonyl (C=O) groups is 2. The highest BCUT2D eigenvalue weighted by Gasteiger charge is 2.22. The van der Waals surface area contributed by atoms with Crippen molar-refractivity contribution in [2.45, 2.75) is 13.0 Å². The lowest BCUT2D eigenvalue weighted by molar-refractivity contribution is -0.128. The van der Waals surface area contributed by atoms with Crippen molar-refractivity contribution >= 4 is 35.6 Å². The maximum Gasteiger partial charge on any atom is 0.254 e. The molecular weight excluding hydrogens is 310 g/mol. The van der Waals surface area contributed by atoms with Crippen molar-refractivity contribution < 1.29 is 19.1 Å². The molecule has 7 nitrogen and oxygen atoms in total. The van der Waals surface area contributed by atoms with Gasteiger partial charge in [-0.2, -0.15) is 0 Å². The third-order valence-electron chi connectivity index (χ3n) is 3.00. The summed E-state index contributed by atoms with van der Waals surface area (Å²) >= 11 is 0. The van der Waals surface area contributed by atoms with Crippen molar-refractivity contribution in [3.8, 4) is 5.75 Å². The van der Waals surface area contributed by atoms with E-state index in [1.807, 2.05) is 0 Å². The Labute approximate surface area is 135 Å². The Morgan fingerprint density at radius 1 is 1.36 bits per heavy atom. The molecule has 0 saturated carbocycles. The molecule has 22 heavy (non-hydrogen) atoms. The van der Waals surface area contributed by atoms with Gasteiger partial charge in [-0.25, -0.2) is 0 Å². The van der Waals surface area contributed by atoms with Crippen molar-refractivity contribution in [2.24, 2.45) is 0 Å². The zero-order valence-electron chi connectivity index (χ0n) is 12.5. The number of ether oxygens (including phenoxy) is 2. The van der Waals surface area contributed by atoms with E-state index in [1.165, 1.54) is 14.0 Å². The highest BCUT2D eigenvalue weighted by Crippen LogP contribution is 2.28. The molecule has 1 aliphatic rings. The van der Waals surface area contributed by atoms with Crippen molar-refractivity contribution in [2.75, 3.05) is 37.4 Å². The van der Waals surface area contributed by atoms with E-state index in [0.29, 0.717) is 30.3 Å². The Balaban J connectivity index is 0.00000242. The summed E-state index contributed by atoms with van der Waals surface area (Å²) in [6.45, 7) is 3.13. The second kappa shape index (κ2) is 8.57. The average molecular weight is 330 g/mol. The molecule has 1 atom stereocenters. The molecule has 0 aliphatic carbocycles. The van der Waals surface area contributed by atoms with Gasteiger partial charge in [0.25, 0.3) is 5.91 Å². The number of halogens is 1. The summed E-state index contributed by atoms with van der Waals surface area (Å²) in [6.07, 6.45) is -0.534. The highest BCUT2D eigenvalue weighted by atomic mass is 35.5. The monoisotopic (exact) mass is 329 g/mol. The smallest absolute Gasteiger partial charge is 0.254 e. The van der Waals surface area contributed by atoms with Crippen molar-refractivity contribution in [1.82, 2.24) is 5.32 Å². The van der Waals surface area contributed by atoms with E-state index in [9.17, 15) is 9.59 Å². The predicted molar refractivity (Wildman–Crippen MR) is 85.8 cm³/mol. The van der Waals surface area contributed by atoms with E-state index in [1.54, 1.807) is 18.2 Å². The van der Waals surface area contributed by atoms with E-state index in [-0.39, 0.29) is 24.2 Å². The summed E-state index contributed by atoms with van der Waals surface area (Å²) in [4.78, 5) is 23.2. The molecule has 0 bridgehead atoms. The maximum absolute atomic E-state index is 12.2. The summed E-state index contributed by atoms with van der Waals surface area (Å²) < 4.78 is 10.6. The summed E-state index contributed by atoms with van der Waals surface area (Å²) in [5, 5.41) is 8.52. The molecule has 2 rings (SSSR count). The van der Waals surface area contributed by atoms with Crippen LogP contribution in [-0.2, 0) is 14.3 Å². The summed E-state index contributed by atoms with van der Waals surface area (Å²) in [5.74, 6) is 0.0824. The van der Waals surface area contributed by atoms with Gasteiger partial charge in [0, 0.05) is 25.7 Å². The summed E-state index contributed by atoms with van der Waals surface area (Å²) in [7, 11) is 1.52. The van der Waals surface area contributed by atoms with Crippen LogP contribution in [0.5, 0.6) is 5.75 Å². The van der Waals surface area contributed by atoms with E-state index < -0.39 is 6.10 Å². The maximum atomic E-state index is 12.2. The van der Waals surface area contributed by atoms with Crippen LogP contribution in [0.4, 0.5) is 11.4 Å². The minimum absolute atomic E-state index is 0. The molecule has 0 radical (unpaired) electrons. The lowest BCUT2D eigenvalue weighted by Gasteiger charge is -2.23. The molecule has 1 aromatic carbocycles. The first-order chi connectivity index (χ1) is 10.1. The van der Waals surface area contributed by atoms with Crippen LogP contribution in [0.1, 0.15) is 6.92 Å². The molecule has 1 fully saturated rings. The number of anilines is 2. The van der Waals surface area contributed by atoms with Gasteiger partial charge < -0.3 is 25.4 Å². The van der Waals surface area contributed by atoms with Crippen LogP contribution in [0.25, 0.3) is 0 Å². The number of morpholine rings is 1. The number of hydrogen-bond donors (Lipinski definition) is 3. The van der Waals surface area contributed by atoms with Crippen LogP contribution < -0.4 is 20.7 Å². The van der Waals surface area contributed by atoms with Crippen LogP contribution in [0.3, 0.4) is 0 Å². The Bertz CT molecular complexity index is 533. The van der Waals surface area contributed by atoms with Gasteiger partial charge in [0.2, 0.25) is 5.91 Å². The van der Waals surface area contributed by atoms with Crippen LogP contribution in [0.15, 0.2) is 18.2 Å². The van der Waals surface area contributed by atoms with Crippen LogP contribution in [0, 0.1) is 0 Å². The second-order valence-corrected chi connectivity index (χ2v) is 4.65.